The molecule has 6 aromatic rings. The molecular formula is C25H18ClN5O. The molecule has 0 unspecified atom stereocenters. The molecule has 0 amide bonds. The number of azo groups is 1. The van der Waals surface area contributed by atoms with Crippen molar-refractivity contribution in [2.24, 2.45) is 10.2 Å². The second-order valence-electron chi connectivity index (χ2n) is 7.64. The highest BCUT2D eigenvalue weighted by molar-refractivity contribution is 6.30. The van der Waals surface area contributed by atoms with Crippen molar-refractivity contribution in [1.29, 1.82) is 0 Å². The average Bonchev–Trinajstić information content (AvgIpc) is 3.36. The fraction of sp³-hybridized carbons (Fsp3) is 0.0800. The van der Waals surface area contributed by atoms with Gasteiger partial charge in [0.15, 0.2) is 5.69 Å². The van der Waals surface area contributed by atoms with E-state index in [1.807, 2.05) is 60.7 Å². The highest BCUT2D eigenvalue weighted by atomic mass is 35.5. The molecule has 0 aliphatic carbocycles. The van der Waals surface area contributed by atoms with Crippen LogP contribution < -0.4 is 5.56 Å². The molecular weight excluding hydrogens is 422 g/mol. The summed E-state index contributed by atoms with van der Waals surface area (Å²) in [6.45, 7) is 2.77. The maximum Gasteiger partial charge on any atom is 0.267 e. The van der Waals surface area contributed by atoms with E-state index < -0.39 is 0 Å². The number of hydrogen-bond acceptors (Lipinski definition) is 3. The minimum absolute atomic E-state index is 0.0682. The smallest absolute Gasteiger partial charge is 0.267 e. The van der Waals surface area contributed by atoms with Gasteiger partial charge in [-0.15, -0.1) is 5.11 Å². The lowest BCUT2D eigenvalue weighted by Gasteiger charge is -2.07. The molecule has 0 aliphatic rings. The number of pyridine rings is 1. The molecule has 0 spiro atoms. The van der Waals surface area contributed by atoms with Crippen molar-refractivity contribution in [3.63, 3.8) is 0 Å². The normalized spacial score (nSPS) is 12.2. The summed E-state index contributed by atoms with van der Waals surface area (Å²) < 4.78 is 3.84. The van der Waals surface area contributed by atoms with E-state index in [9.17, 15) is 4.79 Å². The summed E-state index contributed by atoms with van der Waals surface area (Å²) >= 11 is 6.01. The first kappa shape index (κ1) is 18.8. The predicted molar refractivity (Wildman–Crippen MR) is 130 cm³/mol. The van der Waals surface area contributed by atoms with E-state index in [1.54, 1.807) is 16.5 Å². The third-order valence-electron chi connectivity index (χ3n) is 5.87. The molecule has 0 fully saturated rings. The molecule has 0 saturated heterocycles. The van der Waals surface area contributed by atoms with Crippen LogP contribution in [0.25, 0.3) is 38.5 Å². The van der Waals surface area contributed by atoms with Crippen LogP contribution in [0.1, 0.15) is 6.92 Å². The summed E-state index contributed by atoms with van der Waals surface area (Å²) in [5.41, 5.74) is 5.33. The second kappa shape index (κ2) is 7.07. The number of aryl methyl sites for hydroxylation is 1. The van der Waals surface area contributed by atoms with Crippen molar-refractivity contribution in [1.82, 2.24) is 14.0 Å². The lowest BCUT2D eigenvalue weighted by molar-refractivity contribution is 0.826. The highest BCUT2D eigenvalue weighted by Crippen LogP contribution is 2.37. The zero-order valence-corrected chi connectivity index (χ0v) is 18.0. The molecule has 0 radical (unpaired) electrons. The minimum Gasteiger partial charge on any atom is -0.339 e. The Balaban J connectivity index is 1.81. The van der Waals surface area contributed by atoms with Crippen molar-refractivity contribution >= 4 is 61.5 Å². The van der Waals surface area contributed by atoms with Crippen LogP contribution in [0.2, 0.25) is 5.02 Å². The number of para-hydroxylation sites is 3. The number of fused-ring (bicyclic) bond motifs is 6. The van der Waals surface area contributed by atoms with Crippen molar-refractivity contribution in [2.45, 2.75) is 13.5 Å². The monoisotopic (exact) mass is 439 g/mol. The Morgan fingerprint density at radius 1 is 0.906 bits per heavy atom. The maximum atomic E-state index is 13.8. The van der Waals surface area contributed by atoms with E-state index in [4.69, 9.17) is 11.6 Å². The molecule has 3 aromatic carbocycles. The molecule has 32 heavy (non-hydrogen) atoms. The lowest BCUT2D eigenvalue weighted by Crippen LogP contribution is -2.13. The molecule has 1 N–H and O–H groups in total. The van der Waals surface area contributed by atoms with Crippen molar-refractivity contribution in [2.75, 3.05) is 0 Å². The van der Waals surface area contributed by atoms with Crippen LogP contribution in [-0.4, -0.2) is 14.0 Å². The first-order valence-electron chi connectivity index (χ1n) is 10.4. The Bertz CT molecular complexity index is 1740. The van der Waals surface area contributed by atoms with Gasteiger partial charge in [0.05, 0.1) is 27.6 Å². The first-order valence-corrected chi connectivity index (χ1v) is 10.8. The molecule has 6 rings (SSSR count). The fourth-order valence-electron chi connectivity index (χ4n) is 4.48. The summed E-state index contributed by atoms with van der Waals surface area (Å²) in [7, 11) is 0. The van der Waals surface area contributed by atoms with Crippen LogP contribution >= 0.6 is 11.6 Å². The van der Waals surface area contributed by atoms with Gasteiger partial charge >= 0.3 is 0 Å². The second-order valence-corrected chi connectivity index (χ2v) is 8.08. The number of benzene rings is 3. The average molecular weight is 440 g/mol. The highest BCUT2D eigenvalue weighted by Gasteiger charge is 2.22. The van der Waals surface area contributed by atoms with E-state index in [1.165, 1.54) is 0 Å². The zero-order valence-electron chi connectivity index (χ0n) is 17.2. The van der Waals surface area contributed by atoms with Gasteiger partial charge in [0.25, 0.3) is 5.56 Å². The summed E-state index contributed by atoms with van der Waals surface area (Å²) in [6, 6.07) is 22.9. The van der Waals surface area contributed by atoms with Gasteiger partial charge in [-0.2, -0.15) is 5.11 Å². The van der Waals surface area contributed by atoms with Crippen LogP contribution in [0.4, 0.5) is 11.4 Å². The summed E-state index contributed by atoms with van der Waals surface area (Å²) in [5, 5.41) is 11.4. The number of H-pyrrole nitrogens is 1. The van der Waals surface area contributed by atoms with Gasteiger partial charge in [-0.05, 0) is 49.4 Å². The van der Waals surface area contributed by atoms with Crippen LogP contribution in [0.15, 0.2) is 87.8 Å². The fourth-order valence-corrected chi connectivity index (χ4v) is 4.61. The standard InChI is InChI=1S/C25H18ClN5O/c1-2-30-19-9-5-3-7-17(19)21-23(30)22(29-28-16-13-11-15(26)12-14-16)24-27-18-8-4-6-10-20(18)31(24)25(21)32/h3-14,27H,2H2,1H3. The number of imidazole rings is 1. The Hall–Kier alpha value is -3.90. The topological polar surface area (TPSA) is 66.9 Å². The van der Waals surface area contributed by atoms with E-state index in [0.29, 0.717) is 34.0 Å². The Morgan fingerprint density at radius 2 is 1.62 bits per heavy atom. The summed E-state index contributed by atoms with van der Waals surface area (Å²) in [5.74, 6) is 0. The molecule has 6 nitrogen and oxygen atoms in total. The Kier molecular flexibility index (Phi) is 4.16. The van der Waals surface area contributed by atoms with Crippen LogP contribution in [0.5, 0.6) is 0 Å². The number of nitrogens with one attached hydrogen (secondary N) is 1. The van der Waals surface area contributed by atoms with Gasteiger partial charge in [0.1, 0.15) is 5.65 Å². The van der Waals surface area contributed by atoms with E-state index >= 15 is 0 Å². The molecule has 156 valence electrons. The molecule has 3 aromatic heterocycles. The first-order chi connectivity index (χ1) is 15.7. The number of nitrogens with zero attached hydrogens (tertiary/aromatic N) is 4. The van der Waals surface area contributed by atoms with Crippen molar-refractivity contribution < 1.29 is 0 Å². The molecule has 0 atom stereocenters. The van der Waals surface area contributed by atoms with Crippen molar-refractivity contribution in [3.05, 3.63) is 88.2 Å². The predicted octanol–water partition coefficient (Wildman–Crippen LogP) is 6.98. The van der Waals surface area contributed by atoms with Gasteiger partial charge < -0.3 is 9.55 Å². The third kappa shape index (κ3) is 2.63. The maximum absolute atomic E-state index is 13.8. The molecule has 0 aliphatic heterocycles. The van der Waals surface area contributed by atoms with Crippen LogP contribution in [0, 0.1) is 0 Å². The number of rotatable bonds is 3. The van der Waals surface area contributed by atoms with Crippen LogP contribution in [0.3, 0.4) is 0 Å². The Morgan fingerprint density at radius 3 is 2.41 bits per heavy atom. The Labute approximate surface area is 187 Å². The number of aromatic nitrogens is 3. The largest absolute Gasteiger partial charge is 0.339 e. The van der Waals surface area contributed by atoms with Crippen LogP contribution in [-0.2, 0) is 6.54 Å². The minimum atomic E-state index is -0.0682. The van der Waals surface area contributed by atoms with Gasteiger partial charge in [0.2, 0.25) is 0 Å². The van der Waals surface area contributed by atoms with Gasteiger partial charge in [-0.1, -0.05) is 41.9 Å². The van der Waals surface area contributed by atoms with E-state index in [2.05, 4.69) is 26.7 Å². The zero-order chi connectivity index (χ0) is 21.8. The van der Waals surface area contributed by atoms with Crippen molar-refractivity contribution in [3.8, 4) is 0 Å². The quantitative estimate of drug-likeness (QED) is 0.297. The van der Waals surface area contributed by atoms with Gasteiger partial charge in [-0.25, -0.2) is 0 Å². The molecule has 7 heteroatoms. The van der Waals surface area contributed by atoms with E-state index in [-0.39, 0.29) is 5.56 Å². The molecule has 0 bridgehead atoms. The third-order valence-corrected chi connectivity index (χ3v) is 6.12. The van der Waals surface area contributed by atoms with E-state index in [0.717, 1.165) is 27.5 Å². The molecule has 3 heterocycles. The number of hydrogen-bond donors (Lipinski definition) is 1. The lowest BCUT2D eigenvalue weighted by atomic mass is 10.2. The van der Waals surface area contributed by atoms with Gasteiger partial charge in [0, 0.05) is 22.5 Å². The summed E-state index contributed by atoms with van der Waals surface area (Å²) in [6.07, 6.45) is 0. The SMILES string of the molecule is CCn1c2ccccc2c2c(=O)n3c([nH]c4ccccc43)c(N=Nc3ccc(Cl)cc3)c21. The number of halogens is 1. The summed E-state index contributed by atoms with van der Waals surface area (Å²) in [4.78, 5) is 17.2. The molecule has 0 saturated carbocycles. The number of aromatic amines is 1. The van der Waals surface area contributed by atoms with Gasteiger partial charge in [-0.3, -0.25) is 9.20 Å².